The van der Waals surface area contributed by atoms with E-state index in [0.29, 0.717) is 18.3 Å². The minimum atomic E-state index is 0.197. The first-order valence-corrected chi connectivity index (χ1v) is 7.30. The van der Waals surface area contributed by atoms with Crippen molar-refractivity contribution in [2.75, 3.05) is 18.0 Å². The molecule has 5 nitrogen and oxygen atoms in total. The number of anilines is 1. The second-order valence-corrected chi connectivity index (χ2v) is 4.69. The highest BCUT2D eigenvalue weighted by atomic mass is 16.5. The van der Waals surface area contributed by atoms with Gasteiger partial charge in [0.1, 0.15) is 5.78 Å². The number of carbonyl (C=O) groups excluding carboxylic acids is 1. The number of carbonyl (C=O) groups is 1. The van der Waals surface area contributed by atoms with Crippen LogP contribution in [0.1, 0.15) is 58.7 Å². The summed E-state index contributed by atoms with van der Waals surface area (Å²) in [6.45, 7) is 7.88. The topological polar surface area (TPSA) is 59.2 Å². The van der Waals surface area contributed by atoms with Crippen molar-refractivity contribution < 1.29 is 9.32 Å². The molecule has 0 aliphatic carbocycles. The first-order chi connectivity index (χ1) is 9.21. The molecule has 0 amide bonds. The van der Waals surface area contributed by atoms with E-state index in [1.165, 1.54) is 12.8 Å². The number of hydrogen-bond acceptors (Lipinski definition) is 5. The van der Waals surface area contributed by atoms with Crippen molar-refractivity contribution in [2.45, 2.75) is 59.3 Å². The molecule has 1 rings (SSSR count). The fourth-order valence-electron chi connectivity index (χ4n) is 1.95. The van der Waals surface area contributed by atoms with Gasteiger partial charge in [0.05, 0.1) is 6.42 Å². The van der Waals surface area contributed by atoms with Gasteiger partial charge in [-0.05, 0) is 20.3 Å². The lowest BCUT2D eigenvalue weighted by molar-refractivity contribution is -0.118. The van der Waals surface area contributed by atoms with Crippen LogP contribution in [-0.4, -0.2) is 29.0 Å². The minimum absolute atomic E-state index is 0.197. The molecule has 0 saturated carbocycles. The maximum absolute atomic E-state index is 11.8. The van der Waals surface area contributed by atoms with E-state index in [1.54, 1.807) is 0 Å². The molecule has 1 aromatic heterocycles. The van der Waals surface area contributed by atoms with E-state index in [4.69, 9.17) is 4.52 Å². The standard InChI is InChI=1S/C14H25N3O2/c1-4-7-8-9-10-12(18)11-13-15-14(19-16-13)17(5-2)6-3/h4-11H2,1-3H3. The van der Waals surface area contributed by atoms with Crippen molar-refractivity contribution in [1.82, 2.24) is 10.1 Å². The van der Waals surface area contributed by atoms with Crippen molar-refractivity contribution in [3.63, 3.8) is 0 Å². The quantitative estimate of drug-likeness (QED) is 0.610. The Bertz CT molecular complexity index is 373. The summed E-state index contributed by atoms with van der Waals surface area (Å²) in [5.74, 6) is 0.699. The zero-order valence-corrected chi connectivity index (χ0v) is 12.3. The molecule has 0 saturated heterocycles. The van der Waals surface area contributed by atoms with Crippen molar-refractivity contribution >= 4 is 11.8 Å². The highest BCUT2D eigenvalue weighted by Crippen LogP contribution is 2.11. The number of rotatable bonds is 10. The summed E-state index contributed by atoms with van der Waals surface area (Å²) in [4.78, 5) is 18.0. The smallest absolute Gasteiger partial charge is 0.324 e. The summed E-state index contributed by atoms with van der Waals surface area (Å²) in [6, 6.07) is 0.513. The summed E-state index contributed by atoms with van der Waals surface area (Å²) in [5.41, 5.74) is 0. The summed E-state index contributed by atoms with van der Waals surface area (Å²) in [6.07, 6.45) is 5.38. The van der Waals surface area contributed by atoms with Crippen molar-refractivity contribution in [3.8, 4) is 0 Å². The molecule has 0 N–H and O–H groups in total. The van der Waals surface area contributed by atoms with Gasteiger partial charge in [-0.1, -0.05) is 31.3 Å². The molecule has 1 aromatic rings. The normalized spacial score (nSPS) is 10.7. The van der Waals surface area contributed by atoms with Crippen molar-refractivity contribution in [3.05, 3.63) is 5.82 Å². The molecule has 0 aliphatic rings. The molecule has 0 fully saturated rings. The van der Waals surface area contributed by atoms with E-state index in [9.17, 15) is 4.79 Å². The number of ketones is 1. The van der Waals surface area contributed by atoms with Crippen LogP contribution in [-0.2, 0) is 11.2 Å². The van der Waals surface area contributed by atoms with Crippen LogP contribution < -0.4 is 4.90 Å². The molecule has 108 valence electrons. The Labute approximate surface area is 115 Å². The lowest BCUT2D eigenvalue weighted by Gasteiger charge is -2.13. The molecule has 0 unspecified atom stereocenters. The number of Topliss-reactive ketones (excluding diaryl/α,β-unsaturated/α-hetero) is 1. The lowest BCUT2D eigenvalue weighted by atomic mass is 10.1. The Hall–Kier alpha value is -1.39. The molecule has 0 aromatic carbocycles. The summed E-state index contributed by atoms with van der Waals surface area (Å²) in [5, 5.41) is 3.87. The van der Waals surface area contributed by atoms with Gasteiger partial charge < -0.3 is 9.42 Å². The zero-order chi connectivity index (χ0) is 14.1. The highest BCUT2D eigenvalue weighted by molar-refractivity contribution is 5.80. The maximum Gasteiger partial charge on any atom is 0.324 e. The summed E-state index contributed by atoms with van der Waals surface area (Å²) in [7, 11) is 0. The number of hydrogen-bond donors (Lipinski definition) is 0. The molecule has 19 heavy (non-hydrogen) atoms. The van der Waals surface area contributed by atoms with Crippen LogP contribution in [0.5, 0.6) is 0 Å². The van der Waals surface area contributed by atoms with E-state index in [-0.39, 0.29) is 12.2 Å². The third-order valence-corrected chi connectivity index (χ3v) is 3.16. The number of aromatic nitrogens is 2. The van der Waals surface area contributed by atoms with E-state index >= 15 is 0 Å². The Morgan fingerprint density at radius 2 is 1.89 bits per heavy atom. The average Bonchev–Trinajstić information content (AvgIpc) is 2.84. The second kappa shape index (κ2) is 8.67. The number of unbranched alkanes of at least 4 members (excludes halogenated alkanes) is 3. The van der Waals surface area contributed by atoms with Gasteiger partial charge in [-0.25, -0.2) is 0 Å². The first kappa shape index (κ1) is 15.7. The van der Waals surface area contributed by atoms with Gasteiger partial charge >= 0.3 is 6.01 Å². The van der Waals surface area contributed by atoms with Gasteiger partial charge in [-0.2, -0.15) is 4.98 Å². The Morgan fingerprint density at radius 1 is 1.16 bits per heavy atom. The van der Waals surface area contributed by atoms with E-state index < -0.39 is 0 Å². The van der Waals surface area contributed by atoms with Gasteiger partial charge in [0.15, 0.2) is 5.82 Å². The average molecular weight is 267 g/mol. The predicted molar refractivity (Wildman–Crippen MR) is 75.3 cm³/mol. The van der Waals surface area contributed by atoms with Crippen LogP contribution in [0.3, 0.4) is 0 Å². The maximum atomic E-state index is 11.8. The van der Waals surface area contributed by atoms with Crippen LogP contribution >= 0.6 is 0 Å². The largest absolute Gasteiger partial charge is 0.325 e. The highest BCUT2D eigenvalue weighted by Gasteiger charge is 2.13. The third kappa shape index (κ3) is 5.41. The monoisotopic (exact) mass is 267 g/mol. The van der Waals surface area contributed by atoms with E-state index in [2.05, 4.69) is 17.1 Å². The molecule has 0 radical (unpaired) electrons. The fourth-order valence-corrected chi connectivity index (χ4v) is 1.95. The van der Waals surface area contributed by atoms with E-state index in [1.807, 2.05) is 18.7 Å². The van der Waals surface area contributed by atoms with Gasteiger partial charge in [0.2, 0.25) is 0 Å². The Kier molecular flexibility index (Phi) is 7.15. The SMILES string of the molecule is CCCCCCC(=O)Cc1noc(N(CC)CC)n1. The second-order valence-electron chi connectivity index (χ2n) is 4.69. The molecule has 0 bridgehead atoms. The van der Waals surface area contributed by atoms with Crippen LogP contribution in [0.4, 0.5) is 6.01 Å². The predicted octanol–water partition coefficient (Wildman–Crippen LogP) is 3.00. The summed E-state index contributed by atoms with van der Waals surface area (Å²) < 4.78 is 5.17. The number of nitrogens with zero attached hydrogens (tertiary/aromatic N) is 3. The van der Waals surface area contributed by atoms with Gasteiger partial charge in [0.25, 0.3) is 0 Å². The van der Waals surface area contributed by atoms with Gasteiger partial charge in [-0.15, -0.1) is 0 Å². The molecular formula is C14H25N3O2. The molecule has 0 atom stereocenters. The molecule has 5 heteroatoms. The Balaban J connectivity index is 2.38. The molecule has 0 aliphatic heterocycles. The van der Waals surface area contributed by atoms with Crippen LogP contribution in [0.15, 0.2) is 4.52 Å². The van der Waals surface area contributed by atoms with Crippen LogP contribution in [0, 0.1) is 0 Å². The zero-order valence-electron chi connectivity index (χ0n) is 12.3. The van der Waals surface area contributed by atoms with Crippen LogP contribution in [0.2, 0.25) is 0 Å². The van der Waals surface area contributed by atoms with Crippen molar-refractivity contribution in [2.24, 2.45) is 0 Å². The van der Waals surface area contributed by atoms with Crippen LogP contribution in [0.25, 0.3) is 0 Å². The molecule has 0 spiro atoms. The fraction of sp³-hybridized carbons (Fsp3) is 0.786. The summed E-state index contributed by atoms with van der Waals surface area (Å²) >= 11 is 0. The van der Waals surface area contributed by atoms with Gasteiger partial charge in [0, 0.05) is 19.5 Å². The minimum Gasteiger partial charge on any atom is -0.325 e. The first-order valence-electron chi connectivity index (χ1n) is 7.30. The van der Waals surface area contributed by atoms with Gasteiger partial charge in [-0.3, -0.25) is 4.79 Å². The molecule has 1 heterocycles. The van der Waals surface area contributed by atoms with Crippen molar-refractivity contribution in [1.29, 1.82) is 0 Å². The lowest BCUT2D eigenvalue weighted by Crippen LogP contribution is -2.22. The Morgan fingerprint density at radius 3 is 2.53 bits per heavy atom. The van der Waals surface area contributed by atoms with E-state index in [0.717, 1.165) is 25.9 Å². The molecular weight excluding hydrogens is 242 g/mol. The third-order valence-electron chi connectivity index (χ3n) is 3.16.